The van der Waals surface area contributed by atoms with Crippen molar-refractivity contribution in [3.05, 3.63) is 60.2 Å². The summed E-state index contributed by atoms with van der Waals surface area (Å²) in [6.45, 7) is 1.39. The van der Waals surface area contributed by atoms with Crippen LogP contribution in [0.3, 0.4) is 0 Å². The van der Waals surface area contributed by atoms with E-state index < -0.39 is 11.7 Å². The third-order valence-corrected chi connectivity index (χ3v) is 3.24. The molecule has 3 rings (SSSR count). The fraction of sp³-hybridized carbons (Fsp3) is 0.0625. The predicted molar refractivity (Wildman–Crippen MR) is 87.8 cm³/mol. The largest absolute Gasteiger partial charge is 0.326 e. The Bertz CT molecular complexity index is 926. The summed E-state index contributed by atoms with van der Waals surface area (Å²) in [5.41, 5.74) is 1.42. The molecule has 1 aromatic heterocycles. The summed E-state index contributed by atoms with van der Waals surface area (Å²) in [4.78, 5) is 23.7. The van der Waals surface area contributed by atoms with E-state index >= 15 is 0 Å². The summed E-state index contributed by atoms with van der Waals surface area (Å²) >= 11 is 0. The van der Waals surface area contributed by atoms with E-state index in [-0.39, 0.29) is 17.2 Å². The maximum Gasteiger partial charge on any atom is 0.257 e. The molecule has 0 atom stereocenters. The molecule has 126 valence electrons. The van der Waals surface area contributed by atoms with Crippen molar-refractivity contribution in [2.24, 2.45) is 0 Å². The van der Waals surface area contributed by atoms with E-state index in [1.807, 2.05) is 0 Å². The van der Waals surface area contributed by atoms with Crippen molar-refractivity contribution in [1.29, 1.82) is 0 Å². The maximum absolute atomic E-state index is 13.5. The molecule has 0 saturated carbocycles. The molecule has 0 aliphatic rings. The second-order valence-corrected chi connectivity index (χ2v) is 5.13. The molecule has 9 heteroatoms. The summed E-state index contributed by atoms with van der Waals surface area (Å²) in [5.74, 6) is -1.21. The summed E-state index contributed by atoms with van der Waals surface area (Å²) < 4.78 is 14.8. The molecule has 25 heavy (non-hydrogen) atoms. The lowest BCUT2D eigenvalue weighted by Crippen LogP contribution is -2.16. The number of carbonyl (C=O) groups is 2. The van der Waals surface area contributed by atoms with Crippen molar-refractivity contribution in [3.63, 3.8) is 0 Å². The first-order valence-electron chi connectivity index (χ1n) is 7.25. The van der Waals surface area contributed by atoms with Gasteiger partial charge in [-0.15, -0.1) is 5.10 Å². The van der Waals surface area contributed by atoms with Crippen LogP contribution in [-0.4, -0.2) is 32.0 Å². The SMILES string of the molecule is CC(=O)Nc1cccc(NC(=O)c2ccc(F)cc2-n2cnnn2)c1. The summed E-state index contributed by atoms with van der Waals surface area (Å²) in [7, 11) is 0. The molecule has 0 fully saturated rings. The van der Waals surface area contributed by atoms with Crippen LogP contribution in [0, 0.1) is 5.82 Å². The minimum Gasteiger partial charge on any atom is -0.326 e. The Hall–Kier alpha value is -3.62. The molecule has 2 amide bonds. The Morgan fingerprint density at radius 2 is 1.84 bits per heavy atom. The number of anilines is 2. The third-order valence-electron chi connectivity index (χ3n) is 3.24. The molecule has 0 aliphatic heterocycles. The standard InChI is InChI=1S/C16H13FN6O2/c1-10(24)19-12-3-2-4-13(8-12)20-16(25)14-6-5-11(17)7-15(14)23-9-18-21-22-23/h2-9H,1H3,(H,19,24)(H,20,25). The van der Waals surface area contributed by atoms with Gasteiger partial charge in [-0.25, -0.2) is 4.39 Å². The molecule has 8 nitrogen and oxygen atoms in total. The number of rotatable bonds is 4. The smallest absolute Gasteiger partial charge is 0.257 e. The number of nitrogens with zero attached hydrogens (tertiary/aromatic N) is 4. The monoisotopic (exact) mass is 340 g/mol. The number of tetrazole rings is 1. The average molecular weight is 340 g/mol. The molecular formula is C16H13FN6O2. The second kappa shape index (κ2) is 6.87. The van der Waals surface area contributed by atoms with Gasteiger partial charge in [0.05, 0.1) is 11.3 Å². The van der Waals surface area contributed by atoms with Gasteiger partial charge in [-0.3, -0.25) is 9.59 Å². The van der Waals surface area contributed by atoms with Crippen LogP contribution in [0.5, 0.6) is 0 Å². The molecule has 0 saturated heterocycles. The lowest BCUT2D eigenvalue weighted by atomic mass is 10.1. The van der Waals surface area contributed by atoms with Crippen LogP contribution in [0.4, 0.5) is 15.8 Å². The Morgan fingerprint density at radius 1 is 1.08 bits per heavy atom. The van der Waals surface area contributed by atoms with Gasteiger partial charge in [0.15, 0.2) is 0 Å². The number of carbonyl (C=O) groups excluding carboxylic acids is 2. The normalized spacial score (nSPS) is 10.3. The highest BCUT2D eigenvalue weighted by Gasteiger charge is 2.15. The number of hydrogen-bond acceptors (Lipinski definition) is 5. The number of aromatic nitrogens is 4. The van der Waals surface area contributed by atoms with Gasteiger partial charge in [0.2, 0.25) is 5.91 Å². The first-order valence-corrected chi connectivity index (χ1v) is 7.25. The van der Waals surface area contributed by atoms with Crippen molar-refractivity contribution in [3.8, 4) is 5.69 Å². The van der Waals surface area contributed by atoms with Crippen LogP contribution >= 0.6 is 0 Å². The molecule has 3 aromatic rings. The van der Waals surface area contributed by atoms with Crippen molar-refractivity contribution in [2.45, 2.75) is 6.92 Å². The van der Waals surface area contributed by atoms with Crippen molar-refractivity contribution >= 4 is 23.2 Å². The van der Waals surface area contributed by atoms with Gasteiger partial charge < -0.3 is 10.6 Å². The Labute approximate surface area is 141 Å². The molecule has 0 bridgehead atoms. The second-order valence-electron chi connectivity index (χ2n) is 5.13. The zero-order chi connectivity index (χ0) is 17.8. The highest BCUT2D eigenvalue weighted by molar-refractivity contribution is 6.07. The minimum absolute atomic E-state index is 0.193. The van der Waals surface area contributed by atoms with Crippen LogP contribution in [0.1, 0.15) is 17.3 Å². The first-order chi connectivity index (χ1) is 12.0. The van der Waals surface area contributed by atoms with E-state index in [2.05, 4.69) is 26.2 Å². The van der Waals surface area contributed by atoms with E-state index in [0.29, 0.717) is 11.4 Å². The van der Waals surface area contributed by atoms with Gasteiger partial charge in [-0.1, -0.05) is 6.07 Å². The van der Waals surface area contributed by atoms with Gasteiger partial charge in [-0.05, 0) is 40.8 Å². The van der Waals surface area contributed by atoms with Gasteiger partial charge in [0, 0.05) is 24.4 Å². The predicted octanol–water partition coefficient (Wildman–Crippen LogP) is 2.01. The fourth-order valence-corrected chi connectivity index (χ4v) is 2.23. The summed E-state index contributed by atoms with van der Waals surface area (Å²) in [6.07, 6.45) is 1.27. The molecule has 0 aliphatic carbocycles. The quantitative estimate of drug-likeness (QED) is 0.756. The topological polar surface area (TPSA) is 102 Å². The highest BCUT2D eigenvalue weighted by atomic mass is 19.1. The van der Waals surface area contributed by atoms with Crippen LogP contribution < -0.4 is 10.6 Å². The maximum atomic E-state index is 13.5. The van der Waals surface area contributed by atoms with Gasteiger partial charge in [-0.2, -0.15) is 4.68 Å². The number of halogens is 1. The molecule has 2 N–H and O–H groups in total. The van der Waals surface area contributed by atoms with Gasteiger partial charge >= 0.3 is 0 Å². The van der Waals surface area contributed by atoms with E-state index in [1.54, 1.807) is 24.3 Å². The first kappa shape index (κ1) is 16.2. The van der Waals surface area contributed by atoms with Crippen molar-refractivity contribution < 1.29 is 14.0 Å². The fourth-order valence-electron chi connectivity index (χ4n) is 2.23. The van der Waals surface area contributed by atoms with Gasteiger partial charge in [0.1, 0.15) is 12.1 Å². The number of nitrogens with one attached hydrogen (secondary N) is 2. The number of benzene rings is 2. The van der Waals surface area contributed by atoms with Crippen LogP contribution in [0.25, 0.3) is 5.69 Å². The number of hydrogen-bond donors (Lipinski definition) is 2. The van der Waals surface area contributed by atoms with Crippen LogP contribution in [0.15, 0.2) is 48.8 Å². The molecule has 2 aromatic carbocycles. The van der Waals surface area contributed by atoms with E-state index in [1.165, 1.54) is 36.1 Å². The molecule has 0 radical (unpaired) electrons. The average Bonchev–Trinajstić information content (AvgIpc) is 3.08. The molecule has 1 heterocycles. The molecular weight excluding hydrogens is 327 g/mol. The van der Waals surface area contributed by atoms with Crippen molar-refractivity contribution in [2.75, 3.05) is 10.6 Å². The van der Waals surface area contributed by atoms with Crippen LogP contribution in [0.2, 0.25) is 0 Å². The summed E-state index contributed by atoms with van der Waals surface area (Å²) in [5, 5.41) is 16.0. The highest BCUT2D eigenvalue weighted by Crippen LogP contribution is 2.19. The molecule has 0 unspecified atom stereocenters. The lowest BCUT2D eigenvalue weighted by molar-refractivity contribution is -0.114. The lowest BCUT2D eigenvalue weighted by Gasteiger charge is -2.11. The zero-order valence-corrected chi connectivity index (χ0v) is 13.1. The Kier molecular flexibility index (Phi) is 4.46. The van der Waals surface area contributed by atoms with Gasteiger partial charge in [0.25, 0.3) is 5.91 Å². The Morgan fingerprint density at radius 3 is 2.52 bits per heavy atom. The molecule has 0 spiro atoms. The van der Waals surface area contributed by atoms with E-state index in [0.717, 1.165) is 0 Å². The van der Waals surface area contributed by atoms with E-state index in [9.17, 15) is 14.0 Å². The minimum atomic E-state index is -0.519. The summed E-state index contributed by atoms with van der Waals surface area (Å²) in [6, 6.07) is 10.4. The third kappa shape index (κ3) is 3.83. The van der Waals surface area contributed by atoms with Crippen molar-refractivity contribution in [1.82, 2.24) is 20.2 Å². The Balaban J connectivity index is 1.88. The van der Waals surface area contributed by atoms with E-state index in [4.69, 9.17) is 0 Å². The zero-order valence-electron chi connectivity index (χ0n) is 13.1. The number of amides is 2. The van der Waals surface area contributed by atoms with Crippen LogP contribution in [-0.2, 0) is 4.79 Å².